The molecule has 132 valence electrons. The molecular formula is C18H20N2O5. The number of hydrogen-bond donors (Lipinski definition) is 0. The van der Waals surface area contributed by atoms with Crippen molar-refractivity contribution in [2.45, 2.75) is 18.8 Å². The monoisotopic (exact) mass is 344 g/mol. The summed E-state index contributed by atoms with van der Waals surface area (Å²) in [4.78, 5) is 21.3. The fourth-order valence-corrected chi connectivity index (χ4v) is 2.73. The van der Waals surface area contributed by atoms with Crippen molar-refractivity contribution in [3.8, 4) is 23.4 Å². The highest BCUT2D eigenvalue weighted by Crippen LogP contribution is 2.45. The number of aromatic nitrogens is 2. The van der Waals surface area contributed by atoms with E-state index in [1.807, 2.05) is 6.07 Å². The number of ketones is 1. The highest BCUT2D eigenvalue weighted by Gasteiger charge is 2.31. The minimum absolute atomic E-state index is 0.142. The predicted molar refractivity (Wildman–Crippen MR) is 90.1 cm³/mol. The molecule has 0 amide bonds. The van der Waals surface area contributed by atoms with Crippen LogP contribution in [0.15, 0.2) is 18.3 Å². The Balaban J connectivity index is 2.10. The van der Waals surface area contributed by atoms with Gasteiger partial charge in [-0.1, -0.05) is 0 Å². The molecule has 0 N–H and O–H groups in total. The van der Waals surface area contributed by atoms with Crippen molar-refractivity contribution in [2.24, 2.45) is 0 Å². The van der Waals surface area contributed by atoms with Gasteiger partial charge in [0.1, 0.15) is 5.56 Å². The molecule has 3 rings (SSSR count). The average Bonchev–Trinajstić information content (AvgIpc) is 3.50. The minimum atomic E-state index is -0.220. The third-order valence-corrected chi connectivity index (χ3v) is 4.17. The Morgan fingerprint density at radius 3 is 2.20 bits per heavy atom. The molecule has 1 fully saturated rings. The second-order valence-electron chi connectivity index (χ2n) is 5.68. The lowest BCUT2D eigenvalue weighted by Gasteiger charge is -2.15. The molecule has 0 spiro atoms. The molecule has 0 saturated heterocycles. The third-order valence-electron chi connectivity index (χ3n) is 4.17. The van der Waals surface area contributed by atoms with Gasteiger partial charge in [0.15, 0.2) is 17.3 Å². The van der Waals surface area contributed by atoms with E-state index in [0.717, 1.165) is 18.4 Å². The zero-order valence-corrected chi connectivity index (χ0v) is 14.7. The second-order valence-corrected chi connectivity index (χ2v) is 5.68. The molecule has 0 atom stereocenters. The van der Waals surface area contributed by atoms with Crippen LogP contribution in [0.3, 0.4) is 0 Å². The number of nitrogens with zero attached hydrogens (tertiary/aromatic N) is 2. The molecule has 1 heterocycles. The number of benzene rings is 1. The number of rotatable bonds is 7. The summed E-state index contributed by atoms with van der Waals surface area (Å²) in [5.74, 6) is 1.42. The summed E-state index contributed by atoms with van der Waals surface area (Å²) < 4.78 is 20.9. The molecule has 25 heavy (non-hydrogen) atoms. The molecule has 1 aromatic heterocycles. The topological polar surface area (TPSA) is 79.8 Å². The maximum absolute atomic E-state index is 13.1. The van der Waals surface area contributed by atoms with Crippen molar-refractivity contribution in [2.75, 3.05) is 28.4 Å². The van der Waals surface area contributed by atoms with Gasteiger partial charge in [-0.05, 0) is 36.5 Å². The number of ether oxygens (including phenoxy) is 4. The van der Waals surface area contributed by atoms with Crippen molar-refractivity contribution in [3.63, 3.8) is 0 Å². The summed E-state index contributed by atoms with van der Waals surface area (Å²) in [6.45, 7) is 0. The van der Waals surface area contributed by atoms with Crippen molar-refractivity contribution < 1.29 is 23.7 Å². The fourth-order valence-electron chi connectivity index (χ4n) is 2.73. The Hall–Kier alpha value is -2.83. The number of hydrogen-bond acceptors (Lipinski definition) is 7. The van der Waals surface area contributed by atoms with Gasteiger partial charge in [0.2, 0.25) is 5.88 Å². The quantitative estimate of drug-likeness (QED) is 0.714. The summed E-state index contributed by atoms with van der Waals surface area (Å²) in [6, 6.07) is 3.72. The largest absolute Gasteiger partial charge is 0.493 e. The Labute approximate surface area is 145 Å². The highest BCUT2D eigenvalue weighted by molar-refractivity contribution is 6.11. The van der Waals surface area contributed by atoms with Crippen LogP contribution in [0.2, 0.25) is 0 Å². The summed E-state index contributed by atoms with van der Waals surface area (Å²) in [5, 5.41) is 0. The van der Waals surface area contributed by atoms with E-state index >= 15 is 0 Å². The van der Waals surface area contributed by atoms with E-state index < -0.39 is 0 Å². The number of methoxy groups -OCH3 is 4. The first kappa shape index (κ1) is 17.0. The van der Waals surface area contributed by atoms with Crippen LogP contribution in [0.1, 0.15) is 40.2 Å². The van der Waals surface area contributed by atoms with Gasteiger partial charge in [-0.25, -0.2) is 4.98 Å². The van der Waals surface area contributed by atoms with Gasteiger partial charge in [-0.2, -0.15) is 4.98 Å². The Kier molecular flexibility index (Phi) is 4.74. The molecule has 1 aromatic carbocycles. The fraction of sp³-hybridized carbons (Fsp3) is 0.389. The van der Waals surface area contributed by atoms with Crippen molar-refractivity contribution in [1.29, 1.82) is 0 Å². The van der Waals surface area contributed by atoms with Crippen LogP contribution in [-0.2, 0) is 0 Å². The molecule has 2 aromatic rings. The van der Waals surface area contributed by atoms with Crippen LogP contribution in [0.5, 0.6) is 23.4 Å². The van der Waals surface area contributed by atoms with E-state index in [1.165, 1.54) is 20.4 Å². The first-order valence-corrected chi connectivity index (χ1v) is 7.88. The smallest absolute Gasteiger partial charge is 0.319 e. The van der Waals surface area contributed by atoms with E-state index in [2.05, 4.69) is 9.97 Å². The molecule has 7 heteroatoms. The summed E-state index contributed by atoms with van der Waals surface area (Å²) >= 11 is 0. The van der Waals surface area contributed by atoms with Gasteiger partial charge in [0.25, 0.3) is 0 Å². The Bertz CT molecular complexity index is 802. The number of carbonyl (C=O) groups excluding carboxylic acids is 1. The summed E-state index contributed by atoms with van der Waals surface area (Å²) in [7, 11) is 6.03. The molecule has 0 unspecified atom stereocenters. The third kappa shape index (κ3) is 3.22. The highest BCUT2D eigenvalue weighted by atomic mass is 16.5. The first-order valence-electron chi connectivity index (χ1n) is 7.88. The second kappa shape index (κ2) is 6.96. The van der Waals surface area contributed by atoms with Gasteiger partial charge in [0.05, 0.1) is 28.4 Å². The van der Waals surface area contributed by atoms with Crippen LogP contribution >= 0.6 is 0 Å². The van der Waals surface area contributed by atoms with Crippen molar-refractivity contribution in [3.05, 3.63) is 35.0 Å². The molecule has 1 saturated carbocycles. The molecular weight excluding hydrogens is 324 g/mol. The molecule has 0 aliphatic heterocycles. The molecule has 0 bridgehead atoms. The SMILES string of the molecule is COc1ncc(C(=O)c2cc(OC)c(OC)cc2C2CC2)c(OC)n1. The first-order chi connectivity index (χ1) is 12.1. The van der Waals surface area contributed by atoms with Gasteiger partial charge >= 0.3 is 6.01 Å². The predicted octanol–water partition coefficient (Wildman–Crippen LogP) is 2.62. The number of carbonyl (C=O) groups is 1. The van der Waals surface area contributed by atoms with Crippen molar-refractivity contribution >= 4 is 5.78 Å². The van der Waals surface area contributed by atoms with Crippen LogP contribution < -0.4 is 18.9 Å². The van der Waals surface area contributed by atoms with Crippen LogP contribution in [0.25, 0.3) is 0 Å². The van der Waals surface area contributed by atoms with E-state index in [4.69, 9.17) is 18.9 Å². The lowest BCUT2D eigenvalue weighted by Crippen LogP contribution is -2.10. The maximum atomic E-state index is 13.1. The lowest BCUT2D eigenvalue weighted by molar-refractivity contribution is 0.103. The van der Waals surface area contributed by atoms with Gasteiger partial charge in [-0.15, -0.1) is 0 Å². The van der Waals surface area contributed by atoms with E-state index in [0.29, 0.717) is 23.0 Å². The van der Waals surface area contributed by atoms with E-state index in [1.54, 1.807) is 20.3 Å². The zero-order valence-electron chi connectivity index (χ0n) is 14.7. The molecule has 7 nitrogen and oxygen atoms in total. The molecule has 0 radical (unpaired) electrons. The Morgan fingerprint density at radius 1 is 0.960 bits per heavy atom. The Morgan fingerprint density at radius 2 is 1.64 bits per heavy atom. The lowest BCUT2D eigenvalue weighted by atomic mass is 9.96. The maximum Gasteiger partial charge on any atom is 0.319 e. The standard InChI is InChI=1S/C18H20N2O5/c1-22-14-7-11(10-5-6-10)12(8-15(14)23-2)16(21)13-9-19-18(25-4)20-17(13)24-3/h7-10H,5-6H2,1-4H3. The normalized spacial score (nSPS) is 13.3. The van der Waals surface area contributed by atoms with Crippen molar-refractivity contribution in [1.82, 2.24) is 9.97 Å². The van der Waals surface area contributed by atoms with Gasteiger partial charge < -0.3 is 18.9 Å². The summed E-state index contributed by atoms with van der Waals surface area (Å²) in [5.41, 5.74) is 1.77. The van der Waals surface area contributed by atoms with E-state index in [9.17, 15) is 4.79 Å². The zero-order chi connectivity index (χ0) is 18.0. The van der Waals surface area contributed by atoms with Crippen LogP contribution in [0, 0.1) is 0 Å². The summed E-state index contributed by atoms with van der Waals surface area (Å²) in [6.07, 6.45) is 3.51. The minimum Gasteiger partial charge on any atom is -0.493 e. The van der Waals surface area contributed by atoms with Crippen LogP contribution in [0.4, 0.5) is 0 Å². The molecule has 1 aliphatic carbocycles. The average molecular weight is 344 g/mol. The van der Waals surface area contributed by atoms with Gasteiger partial charge in [0, 0.05) is 11.8 Å². The molecule has 1 aliphatic rings. The van der Waals surface area contributed by atoms with E-state index in [-0.39, 0.29) is 23.2 Å². The van der Waals surface area contributed by atoms with Gasteiger partial charge in [-0.3, -0.25) is 4.79 Å². The van der Waals surface area contributed by atoms with Crippen LogP contribution in [-0.4, -0.2) is 44.2 Å².